The molecular formula is C26H20. The van der Waals surface area contributed by atoms with E-state index in [0.717, 1.165) is 0 Å². The zero-order valence-corrected chi connectivity index (χ0v) is 14.7. The van der Waals surface area contributed by atoms with Crippen LogP contribution in [0.2, 0.25) is 0 Å². The van der Waals surface area contributed by atoms with E-state index >= 15 is 0 Å². The highest BCUT2D eigenvalue weighted by Crippen LogP contribution is 2.50. The molecule has 0 aromatic heterocycles. The van der Waals surface area contributed by atoms with Crippen LogP contribution in [-0.4, -0.2) is 0 Å². The predicted octanol–water partition coefficient (Wildman–Crippen LogP) is 7.15. The lowest BCUT2D eigenvalue weighted by Gasteiger charge is -2.37. The van der Waals surface area contributed by atoms with Gasteiger partial charge in [-0.2, -0.15) is 0 Å². The third kappa shape index (κ3) is 1.96. The van der Waals surface area contributed by atoms with Crippen molar-refractivity contribution in [2.45, 2.75) is 24.7 Å². The van der Waals surface area contributed by atoms with Crippen LogP contribution in [-0.2, 0) is 0 Å². The van der Waals surface area contributed by atoms with Gasteiger partial charge >= 0.3 is 0 Å². The van der Waals surface area contributed by atoms with E-state index < -0.39 is 0 Å². The summed E-state index contributed by atoms with van der Waals surface area (Å²) < 4.78 is 0. The van der Waals surface area contributed by atoms with Gasteiger partial charge in [-0.15, -0.1) is 0 Å². The fourth-order valence-electron chi connectivity index (χ4n) is 4.94. The molecule has 0 nitrogen and oxygen atoms in total. The summed E-state index contributed by atoms with van der Waals surface area (Å²) >= 11 is 0. The van der Waals surface area contributed by atoms with E-state index in [1.807, 2.05) is 0 Å². The molecule has 0 heteroatoms. The maximum atomic E-state index is 2.36. The highest BCUT2D eigenvalue weighted by Gasteiger charge is 2.33. The Labute approximate surface area is 154 Å². The summed E-state index contributed by atoms with van der Waals surface area (Å²) in [6.07, 6.45) is 2.61. The smallest absolute Gasteiger partial charge is 0.00268 e. The third-order valence-electron chi connectivity index (χ3n) is 6.48. The second-order valence-electron chi connectivity index (χ2n) is 7.74. The van der Waals surface area contributed by atoms with E-state index in [1.165, 1.54) is 57.0 Å². The molecule has 0 heterocycles. The summed E-state index contributed by atoms with van der Waals surface area (Å²) in [7, 11) is 0. The van der Waals surface area contributed by atoms with Gasteiger partial charge in [-0.25, -0.2) is 0 Å². The molecule has 1 fully saturated rings. The molecule has 26 heavy (non-hydrogen) atoms. The van der Waals surface area contributed by atoms with E-state index in [9.17, 15) is 0 Å². The summed E-state index contributed by atoms with van der Waals surface area (Å²) in [6.45, 7) is 0. The summed E-state index contributed by atoms with van der Waals surface area (Å²) in [5.74, 6) is 1.35. The van der Waals surface area contributed by atoms with Gasteiger partial charge in [0.1, 0.15) is 0 Å². The molecular weight excluding hydrogens is 312 g/mol. The molecule has 0 N–H and O–H groups in total. The standard InChI is InChI=1S/C26H20/c1-3-21-4-2-6-25-20-13-9-18(10-14-20)23-16-15-22(23)17-7-11-19(12-8-17)24(5-1)26(21)25/h1-14,22-23H,15-16H2. The van der Waals surface area contributed by atoms with E-state index in [4.69, 9.17) is 0 Å². The number of rotatable bonds is 0. The van der Waals surface area contributed by atoms with Crippen molar-refractivity contribution in [3.8, 4) is 22.3 Å². The summed E-state index contributed by atoms with van der Waals surface area (Å²) in [5, 5.41) is 2.67. The van der Waals surface area contributed by atoms with Crippen molar-refractivity contribution < 1.29 is 0 Å². The summed E-state index contributed by atoms with van der Waals surface area (Å²) in [5.41, 5.74) is 8.29. The molecule has 2 atom stereocenters. The Hall–Kier alpha value is -2.86. The lowest BCUT2D eigenvalue weighted by atomic mass is 9.67. The first-order chi connectivity index (χ1) is 12.9. The second-order valence-corrected chi connectivity index (χ2v) is 7.74. The van der Waals surface area contributed by atoms with Crippen LogP contribution in [0.15, 0.2) is 84.9 Å². The first-order valence-electron chi connectivity index (χ1n) is 9.61. The first kappa shape index (κ1) is 14.3. The van der Waals surface area contributed by atoms with Gasteiger partial charge in [0.05, 0.1) is 0 Å². The van der Waals surface area contributed by atoms with Crippen LogP contribution in [0.3, 0.4) is 0 Å². The van der Waals surface area contributed by atoms with Crippen molar-refractivity contribution in [2.75, 3.05) is 0 Å². The van der Waals surface area contributed by atoms with Gasteiger partial charge in [0, 0.05) is 0 Å². The molecule has 4 bridgehead atoms. The molecule has 124 valence electrons. The van der Waals surface area contributed by atoms with Gasteiger partial charge in [0.15, 0.2) is 0 Å². The van der Waals surface area contributed by atoms with E-state index in [2.05, 4.69) is 84.9 Å². The van der Waals surface area contributed by atoms with E-state index in [1.54, 1.807) is 0 Å². The number of hydrogen-bond donors (Lipinski definition) is 0. The topological polar surface area (TPSA) is 0 Å². The van der Waals surface area contributed by atoms with Crippen molar-refractivity contribution in [1.82, 2.24) is 0 Å². The Morgan fingerprint density at radius 2 is 0.962 bits per heavy atom. The molecule has 1 saturated carbocycles. The molecule has 4 aromatic carbocycles. The van der Waals surface area contributed by atoms with Gasteiger partial charge < -0.3 is 0 Å². The fourth-order valence-corrected chi connectivity index (χ4v) is 4.94. The maximum absolute atomic E-state index is 2.36. The van der Waals surface area contributed by atoms with Gasteiger partial charge in [0.2, 0.25) is 0 Å². The monoisotopic (exact) mass is 332 g/mol. The summed E-state index contributed by atoms with van der Waals surface area (Å²) in [6, 6.07) is 32.1. The molecule has 9 rings (SSSR count). The first-order valence-corrected chi connectivity index (χ1v) is 9.61. The van der Waals surface area contributed by atoms with Crippen molar-refractivity contribution in [1.29, 1.82) is 0 Å². The zero-order chi connectivity index (χ0) is 17.1. The molecule has 0 amide bonds. The number of benzene rings is 4. The maximum Gasteiger partial charge on any atom is -0.00268 e. The Kier molecular flexibility index (Phi) is 2.93. The van der Waals surface area contributed by atoms with Crippen molar-refractivity contribution in [2.24, 2.45) is 0 Å². The quantitative estimate of drug-likeness (QED) is 0.321. The van der Waals surface area contributed by atoms with Gasteiger partial charge in [-0.05, 0) is 68.8 Å². The van der Waals surface area contributed by atoms with Crippen LogP contribution in [0.4, 0.5) is 0 Å². The Morgan fingerprint density at radius 1 is 0.500 bits per heavy atom. The largest absolute Gasteiger partial charge is 0.0610 e. The minimum absolute atomic E-state index is 0.675. The highest BCUT2D eigenvalue weighted by atomic mass is 14.4. The van der Waals surface area contributed by atoms with Crippen LogP contribution in [0.1, 0.15) is 35.8 Å². The molecule has 0 saturated heterocycles. The minimum Gasteiger partial charge on any atom is -0.0610 e. The lowest BCUT2D eigenvalue weighted by Crippen LogP contribution is -2.21. The fraction of sp³-hybridized carbons (Fsp3) is 0.154. The molecule has 0 spiro atoms. The normalized spacial score (nSPS) is 20.0. The van der Waals surface area contributed by atoms with Gasteiger partial charge in [0.25, 0.3) is 0 Å². The molecule has 0 radical (unpaired) electrons. The minimum atomic E-state index is 0.675. The Bertz CT molecular complexity index is 1030. The lowest BCUT2D eigenvalue weighted by molar-refractivity contribution is 0.346. The number of hydrogen-bond acceptors (Lipinski definition) is 0. The highest BCUT2D eigenvalue weighted by molar-refractivity contribution is 6.06. The van der Waals surface area contributed by atoms with Crippen LogP contribution in [0, 0.1) is 0 Å². The van der Waals surface area contributed by atoms with Gasteiger partial charge in [-0.3, -0.25) is 0 Å². The van der Waals surface area contributed by atoms with Crippen molar-refractivity contribution in [3.63, 3.8) is 0 Å². The van der Waals surface area contributed by atoms with E-state index in [0.29, 0.717) is 11.8 Å². The predicted molar refractivity (Wildman–Crippen MR) is 110 cm³/mol. The molecule has 5 aliphatic carbocycles. The van der Waals surface area contributed by atoms with Crippen molar-refractivity contribution in [3.05, 3.63) is 96.1 Å². The van der Waals surface area contributed by atoms with Gasteiger partial charge in [-0.1, -0.05) is 84.9 Å². The molecule has 2 unspecified atom stereocenters. The zero-order valence-electron chi connectivity index (χ0n) is 14.7. The molecule has 5 aliphatic rings. The van der Waals surface area contributed by atoms with Crippen LogP contribution in [0.25, 0.3) is 33.0 Å². The molecule has 4 aromatic rings. The molecule has 0 aliphatic heterocycles. The average molecular weight is 332 g/mol. The second kappa shape index (κ2) is 5.32. The third-order valence-corrected chi connectivity index (χ3v) is 6.48. The van der Waals surface area contributed by atoms with Crippen LogP contribution < -0.4 is 0 Å². The Morgan fingerprint density at radius 3 is 1.38 bits per heavy atom. The van der Waals surface area contributed by atoms with Crippen molar-refractivity contribution >= 4 is 10.8 Å². The summed E-state index contributed by atoms with van der Waals surface area (Å²) in [4.78, 5) is 0. The SMILES string of the molecule is c1cc2c3c(cccc3c1)-c1ccc(cc1)C1CCC1c1ccc-2cc1. The van der Waals surface area contributed by atoms with E-state index in [-0.39, 0.29) is 0 Å². The van der Waals surface area contributed by atoms with Crippen LogP contribution in [0.5, 0.6) is 0 Å². The van der Waals surface area contributed by atoms with Crippen LogP contribution >= 0.6 is 0 Å². The Balaban J connectivity index is 1.73. The average Bonchev–Trinajstić information content (AvgIpc) is 2.68.